The fourth-order valence-corrected chi connectivity index (χ4v) is 3.22. The molecule has 1 aromatic heterocycles. The van der Waals surface area contributed by atoms with Crippen LogP contribution in [0.15, 0.2) is 46.6 Å². The van der Waals surface area contributed by atoms with Gasteiger partial charge in [-0.05, 0) is 42.8 Å². The Bertz CT molecular complexity index is 884. The van der Waals surface area contributed by atoms with Crippen molar-refractivity contribution in [3.05, 3.63) is 59.1 Å². The highest BCUT2D eigenvalue weighted by Crippen LogP contribution is 2.39. The Labute approximate surface area is 156 Å². The number of ketones is 1. The van der Waals surface area contributed by atoms with Crippen LogP contribution < -0.4 is 4.74 Å². The lowest BCUT2D eigenvalue weighted by Gasteiger charge is -2.22. The van der Waals surface area contributed by atoms with E-state index in [0.717, 1.165) is 5.56 Å². The van der Waals surface area contributed by atoms with Crippen LogP contribution in [0.5, 0.6) is 5.75 Å². The summed E-state index contributed by atoms with van der Waals surface area (Å²) in [5.41, 5.74) is 1.22. The number of hydrogen-bond donors (Lipinski definition) is 1. The summed E-state index contributed by atoms with van der Waals surface area (Å²) in [5, 5.41) is 10.9. The molecule has 7 heteroatoms. The minimum atomic E-state index is -0.808. The van der Waals surface area contributed by atoms with Crippen molar-refractivity contribution in [3.8, 4) is 5.75 Å². The minimum absolute atomic E-state index is 0.00406. The van der Waals surface area contributed by atoms with Crippen LogP contribution in [0, 0.1) is 6.92 Å². The van der Waals surface area contributed by atoms with E-state index in [9.17, 15) is 14.7 Å². The number of ether oxygens (including phenoxy) is 2. The van der Waals surface area contributed by atoms with E-state index < -0.39 is 17.7 Å². The molecule has 0 bridgehead atoms. The number of rotatable bonds is 6. The molecule has 3 rings (SSSR count). The molecule has 2 aromatic rings. The van der Waals surface area contributed by atoms with E-state index in [0.29, 0.717) is 17.1 Å². The van der Waals surface area contributed by atoms with Gasteiger partial charge in [0, 0.05) is 19.2 Å². The molecule has 7 nitrogen and oxygen atoms in total. The third-order valence-electron chi connectivity index (χ3n) is 4.56. The lowest BCUT2D eigenvalue weighted by atomic mass is 9.98. The molecule has 1 aliphatic rings. The van der Waals surface area contributed by atoms with E-state index in [-0.39, 0.29) is 24.5 Å². The first-order valence-electron chi connectivity index (χ1n) is 8.45. The minimum Gasteiger partial charge on any atom is -0.507 e. The number of nitrogens with zero attached hydrogens (tertiary/aromatic N) is 1. The number of amides is 1. The van der Waals surface area contributed by atoms with Crippen molar-refractivity contribution in [1.29, 1.82) is 0 Å². The van der Waals surface area contributed by atoms with E-state index in [1.807, 2.05) is 6.92 Å². The Morgan fingerprint density at radius 1 is 1.26 bits per heavy atom. The zero-order valence-corrected chi connectivity index (χ0v) is 15.4. The van der Waals surface area contributed by atoms with Crippen LogP contribution >= 0.6 is 0 Å². The predicted octanol–water partition coefficient (Wildman–Crippen LogP) is 2.66. The molecule has 1 saturated heterocycles. The second kappa shape index (κ2) is 7.67. The van der Waals surface area contributed by atoms with Gasteiger partial charge in [-0.15, -0.1) is 0 Å². The first-order valence-corrected chi connectivity index (χ1v) is 8.45. The smallest absolute Gasteiger partial charge is 0.295 e. The van der Waals surface area contributed by atoms with Crippen molar-refractivity contribution in [2.45, 2.75) is 13.0 Å². The number of Topliss-reactive ketones (excluding diaryl/α,β-unsaturated/α-hetero) is 1. The molecule has 1 fully saturated rings. The summed E-state index contributed by atoms with van der Waals surface area (Å²) in [6.45, 7) is 2.29. The highest BCUT2D eigenvalue weighted by molar-refractivity contribution is 6.46. The van der Waals surface area contributed by atoms with Gasteiger partial charge in [0.1, 0.15) is 23.3 Å². The highest BCUT2D eigenvalue weighted by atomic mass is 16.5. The molecule has 1 unspecified atom stereocenters. The first-order chi connectivity index (χ1) is 13.0. The Kier molecular flexibility index (Phi) is 5.32. The third-order valence-corrected chi connectivity index (χ3v) is 4.56. The van der Waals surface area contributed by atoms with Crippen LogP contribution in [0.25, 0.3) is 5.76 Å². The number of furan rings is 1. The van der Waals surface area contributed by atoms with Crippen LogP contribution in [0.3, 0.4) is 0 Å². The summed E-state index contributed by atoms with van der Waals surface area (Å²) >= 11 is 0. The summed E-state index contributed by atoms with van der Waals surface area (Å²) in [7, 11) is 3.07. The molecule has 27 heavy (non-hydrogen) atoms. The second-order valence-electron chi connectivity index (χ2n) is 6.19. The van der Waals surface area contributed by atoms with Gasteiger partial charge in [0.05, 0.1) is 25.6 Å². The van der Waals surface area contributed by atoms with Gasteiger partial charge >= 0.3 is 0 Å². The first kappa shape index (κ1) is 18.7. The van der Waals surface area contributed by atoms with Gasteiger partial charge in [-0.3, -0.25) is 9.59 Å². The van der Waals surface area contributed by atoms with E-state index >= 15 is 0 Å². The second-order valence-corrected chi connectivity index (χ2v) is 6.19. The third kappa shape index (κ3) is 3.33. The van der Waals surface area contributed by atoms with E-state index in [4.69, 9.17) is 13.9 Å². The van der Waals surface area contributed by atoms with Crippen molar-refractivity contribution in [2.24, 2.45) is 0 Å². The topological polar surface area (TPSA) is 89.2 Å². The van der Waals surface area contributed by atoms with Crippen molar-refractivity contribution >= 4 is 17.4 Å². The van der Waals surface area contributed by atoms with E-state index in [2.05, 4.69) is 0 Å². The van der Waals surface area contributed by atoms with Crippen molar-refractivity contribution in [2.75, 3.05) is 27.4 Å². The summed E-state index contributed by atoms with van der Waals surface area (Å²) in [6, 6.07) is 7.58. The fourth-order valence-electron chi connectivity index (χ4n) is 3.22. The van der Waals surface area contributed by atoms with Gasteiger partial charge in [0.15, 0.2) is 0 Å². The zero-order valence-electron chi connectivity index (χ0n) is 15.4. The lowest BCUT2D eigenvalue weighted by molar-refractivity contribution is -0.140. The molecule has 2 heterocycles. The Morgan fingerprint density at radius 3 is 2.63 bits per heavy atom. The summed E-state index contributed by atoms with van der Waals surface area (Å²) in [4.78, 5) is 26.6. The number of carbonyl (C=O) groups is 2. The molecule has 0 spiro atoms. The summed E-state index contributed by atoms with van der Waals surface area (Å²) in [5.74, 6) is -0.633. The average Bonchev–Trinajstić information content (AvgIpc) is 3.27. The largest absolute Gasteiger partial charge is 0.507 e. The maximum Gasteiger partial charge on any atom is 0.295 e. The van der Waals surface area contributed by atoms with Crippen LogP contribution in [0.2, 0.25) is 0 Å². The summed E-state index contributed by atoms with van der Waals surface area (Å²) < 4.78 is 15.7. The number of hydrogen-bond acceptors (Lipinski definition) is 6. The van der Waals surface area contributed by atoms with Crippen molar-refractivity contribution < 1.29 is 28.6 Å². The van der Waals surface area contributed by atoms with Gasteiger partial charge in [-0.25, -0.2) is 0 Å². The van der Waals surface area contributed by atoms with Gasteiger partial charge in [-0.2, -0.15) is 0 Å². The van der Waals surface area contributed by atoms with Gasteiger partial charge in [-0.1, -0.05) is 0 Å². The number of aryl methyl sites for hydroxylation is 1. The zero-order chi connectivity index (χ0) is 19.6. The maximum atomic E-state index is 12.7. The Hall–Kier alpha value is -3.06. The SMILES string of the molecule is COCCN1C(=O)C(=O)/C(=C(\O)c2ccc(OC)c(C)c2)C1c1ccco1. The molecule has 0 aliphatic carbocycles. The van der Waals surface area contributed by atoms with Crippen molar-refractivity contribution in [3.63, 3.8) is 0 Å². The Morgan fingerprint density at radius 2 is 2.04 bits per heavy atom. The maximum absolute atomic E-state index is 12.7. The Balaban J connectivity index is 2.12. The van der Waals surface area contributed by atoms with Crippen molar-refractivity contribution in [1.82, 2.24) is 4.90 Å². The molecule has 142 valence electrons. The number of aliphatic hydroxyl groups is 1. The van der Waals surface area contributed by atoms with Gasteiger partial charge in [0.2, 0.25) is 0 Å². The molecule has 1 N–H and O–H groups in total. The normalized spacial score (nSPS) is 18.9. The van der Waals surface area contributed by atoms with Crippen LogP contribution in [0.1, 0.15) is 22.9 Å². The number of methoxy groups -OCH3 is 2. The van der Waals surface area contributed by atoms with E-state index in [1.54, 1.807) is 37.4 Å². The molecule has 0 radical (unpaired) electrons. The molecule has 1 amide bonds. The van der Waals surface area contributed by atoms with Gasteiger partial charge in [0.25, 0.3) is 11.7 Å². The molecule has 0 saturated carbocycles. The quantitative estimate of drug-likeness (QED) is 0.477. The molecule has 1 aromatic carbocycles. The van der Waals surface area contributed by atoms with Crippen LogP contribution in [0.4, 0.5) is 0 Å². The standard InChI is InChI=1S/C20H21NO6/c1-12-11-13(6-7-14(12)26-3)18(22)16-17(15-5-4-9-27-15)21(8-10-25-2)20(24)19(16)23/h4-7,9,11,17,22H,8,10H2,1-3H3/b18-16-. The average molecular weight is 371 g/mol. The van der Waals surface area contributed by atoms with Gasteiger partial charge < -0.3 is 23.9 Å². The van der Waals surface area contributed by atoms with Crippen LogP contribution in [-0.4, -0.2) is 49.1 Å². The predicted molar refractivity (Wildman–Crippen MR) is 97.3 cm³/mol. The number of likely N-dealkylation sites (tertiary alicyclic amines) is 1. The molecular formula is C20H21NO6. The highest BCUT2D eigenvalue weighted by Gasteiger charge is 2.47. The monoisotopic (exact) mass is 371 g/mol. The summed E-state index contributed by atoms with van der Waals surface area (Å²) in [6.07, 6.45) is 1.46. The number of carbonyl (C=O) groups excluding carboxylic acids is 2. The number of benzene rings is 1. The number of aliphatic hydroxyl groups excluding tert-OH is 1. The van der Waals surface area contributed by atoms with E-state index in [1.165, 1.54) is 18.3 Å². The lowest BCUT2D eigenvalue weighted by Crippen LogP contribution is -2.32. The van der Waals surface area contributed by atoms with Crippen LogP contribution in [-0.2, 0) is 14.3 Å². The molecule has 1 atom stereocenters. The molecule has 1 aliphatic heterocycles. The molecular weight excluding hydrogens is 350 g/mol. The fraction of sp³-hybridized carbons (Fsp3) is 0.300.